The summed E-state index contributed by atoms with van der Waals surface area (Å²) in [4.78, 5) is 27.6. The molecule has 1 aliphatic rings. The van der Waals surface area contributed by atoms with Crippen LogP contribution in [0.2, 0.25) is 5.02 Å². The van der Waals surface area contributed by atoms with E-state index in [0.29, 0.717) is 22.5 Å². The van der Waals surface area contributed by atoms with Crippen molar-refractivity contribution in [1.82, 2.24) is 10.2 Å². The summed E-state index contributed by atoms with van der Waals surface area (Å²) in [6, 6.07) is 14.6. The Kier molecular flexibility index (Phi) is 6.21. The maximum atomic E-state index is 12.8. The van der Waals surface area contributed by atoms with Crippen LogP contribution in [0.1, 0.15) is 47.0 Å². The monoisotopic (exact) mass is 424 g/mol. The first-order valence-electron chi connectivity index (χ1n) is 10.3. The first-order chi connectivity index (χ1) is 14.5. The number of carbonyl (C=O) groups excluding carboxylic acids is 1. The van der Waals surface area contributed by atoms with Crippen molar-refractivity contribution in [3.05, 3.63) is 80.7 Å². The van der Waals surface area contributed by atoms with Crippen LogP contribution in [-0.2, 0) is 0 Å². The molecule has 1 aromatic heterocycles. The maximum absolute atomic E-state index is 12.8. The van der Waals surface area contributed by atoms with Crippen LogP contribution in [0.25, 0.3) is 11.0 Å². The largest absolute Gasteiger partial charge is 0.451 e. The van der Waals surface area contributed by atoms with Crippen molar-refractivity contribution in [2.24, 2.45) is 0 Å². The molecule has 5 nitrogen and oxygen atoms in total. The lowest BCUT2D eigenvalue weighted by atomic mass is 10.0. The van der Waals surface area contributed by atoms with E-state index in [0.717, 1.165) is 13.1 Å². The molecule has 30 heavy (non-hydrogen) atoms. The van der Waals surface area contributed by atoms with Gasteiger partial charge >= 0.3 is 0 Å². The van der Waals surface area contributed by atoms with E-state index in [4.69, 9.17) is 16.0 Å². The molecule has 3 aromatic rings. The molecule has 0 bridgehead atoms. The fraction of sp³-hybridized carbons (Fsp3) is 0.333. The number of nitrogens with one attached hydrogen (secondary N) is 1. The Bertz CT molecular complexity index is 1100. The van der Waals surface area contributed by atoms with Crippen LogP contribution in [0.15, 0.2) is 57.7 Å². The summed E-state index contributed by atoms with van der Waals surface area (Å²) in [7, 11) is 0. The number of piperidine rings is 1. The highest BCUT2D eigenvalue weighted by Crippen LogP contribution is 2.25. The third kappa shape index (κ3) is 4.58. The molecule has 1 fully saturated rings. The summed E-state index contributed by atoms with van der Waals surface area (Å²) >= 11 is 5.95. The summed E-state index contributed by atoms with van der Waals surface area (Å²) < 4.78 is 5.67. The van der Waals surface area contributed by atoms with E-state index in [2.05, 4.69) is 41.4 Å². The Morgan fingerprint density at radius 1 is 1.10 bits per heavy atom. The molecule has 156 valence electrons. The topological polar surface area (TPSA) is 62.6 Å². The molecule has 4 rings (SSSR count). The molecule has 6 heteroatoms. The average Bonchev–Trinajstić information content (AvgIpc) is 2.76. The van der Waals surface area contributed by atoms with Gasteiger partial charge in [-0.05, 0) is 56.6 Å². The Morgan fingerprint density at radius 3 is 2.57 bits per heavy atom. The number of hydrogen-bond donors (Lipinski definition) is 1. The lowest BCUT2D eigenvalue weighted by Gasteiger charge is -2.35. The van der Waals surface area contributed by atoms with Gasteiger partial charge in [-0.15, -0.1) is 0 Å². The molecular formula is C24H25ClN2O3. The van der Waals surface area contributed by atoms with Gasteiger partial charge in [0.15, 0.2) is 11.2 Å². The van der Waals surface area contributed by atoms with E-state index in [1.807, 2.05) is 0 Å². The highest BCUT2D eigenvalue weighted by atomic mass is 35.5. The number of carbonyl (C=O) groups is 1. The number of halogens is 1. The van der Waals surface area contributed by atoms with Crippen LogP contribution < -0.4 is 10.7 Å². The minimum atomic E-state index is -0.391. The normalized spacial score (nSPS) is 15.8. The Balaban J connectivity index is 1.55. The molecule has 0 radical (unpaired) electrons. The number of benzene rings is 2. The minimum Gasteiger partial charge on any atom is -0.451 e. The highest BCUT2D eigenvalue weighted by Gasteiger charge is 2.23. The van der Waals surface area contributed by atoms with Crippen molar-refractivity contribution in [3.8, 4) is 0 Å². The molecule has 2 aromatic carbocycles. The second-order valence-electron chi connectivity index (χ2n) is 7.85. The SMILES string of the molecule is Cc1ccc([C@@H](CNC(=O)c2cc(=O)c3cc(Cl)ccc3o2)N2CCCCC2)cc1. The molecule has 1 atom stereocenters. The number of likely N-dealkylation sites (tertiary alicyclic amines) is 1. The lowest BCUT2D eigenvalue weighted by Crippen LogP contribution is -2.40. The summed E-state index contributed by atoms with van der Waals surface area (Å²) in [6.45, 7) is 4.54. The second-order valence-corrected chi connectivity index (χ2v) is 8.28. The number of nitrogens with zero attached hydrogens (tertiary/aromatic N) is 1. The minimum absolute atomic E-state index is 0.0103. The number of amides is 1. The summed E-state index contributed by atoms with van der Waals surface area (Å²) in [5.74, 6) is -0.380. The zero-order chi connectivity index (χ0) is 21.1. The van der Waals surface area contributed by atoms with Gasteiger partial charge in [-0.25, -0.2) is 0 Å². The van der Waals surface area contributed by atoms with Crippen molar-refractivity contribution in [1.29, 1.82) is 0 Å². The number of hydrogen-bond acceptors (Lipinski definition) is 4. The molecule has 0 unspecified atom stereocenters. The van der Waals surface area contributed by atoms with Crippen molar-refractivity contribution in [2.45, 2.75) is 32.2 Å². The first kappa shape index (κ1) is 20.6. The van der Waals surface area contributed by atoms with E-state index in [1.165, 1.54) is 36.5 Å². The standard InChI is InChI=1S/C24H25ClN2O3/c1-16-5-7-17(8-6-16)20(27-11-3-2-4-12-27)15-26-24(29)23-14-21(28)19-13-18(25)9-10-22(19)30-23/h5-10,13-14,20H,2-4,11-12,15H2,1H3,(H,26,29)/t20-/m1/s1. The van der Waals surface area contributed by atoms with Gasteiger partial charge in [0.05, 0.1) is 11.4 Å². The predicted molar refractivity (Wildman–Crippen MR) is 119 cm³/mol. The van der Waals surface area contributed by atoms with Crippen molar-refractivity contribution < 1.29 is 9.21 Å². The van der Waals surface area contributed by atoms with Gasteiger partial charge in [-0.1, -0.05) is 47.9 Å². The number of aryl methyl sites for hydroxylation is 1. The van der Waals surface area contributed by atoms with Crippen LogP contribution in [0.4, 0.5) is 0 Å². The maximum Gasteiger partial charge on any atom is 0.287 e. The third-order valence-electron chi connectivity index (χ3n) is 5.66. The van der Waals surface area contributed by atoms with Gasteiger partial charge in [0.1, 0.15) is 5.58 Å². The predicted octanol–water partition coefficient (Wildman–Crippen LogP) is 4.71. The Morgan fingerprint density at radius 2 is 1.83 bits per heavy atom. The molecule has 1 saturated heterocycles. The van der Waals surface area contributed by atoms with E-state index in [-0.39, 0.29) is 17.2 Å². The van der Waals surface area contributed by atoms with Gasteiger partial charge < -0.3 is 9.73 Å². The van der Waals surface area contributed by atoms with Crippen LogP contribution in [0, 0.1) is 6.92 Å². The van der Waals surface area contributed by atoms with E-state index in [1.54, 1.807) is 18.2 Å². The average molecular weight is 425 g/mol. The highest BCUT2D eigenvalue weighted by molar-refractivity contribution is 6.31. The van der Waals surface area contributed by atoms with Crippen molar-refractivity contribution in [3.63, 3.8) is 0 Å². The molecule has 0 saturated carbocycles. The van der Waals surface area contributed by atoms with Crippen LogP contribution in [-0.4, -0.2) is 30.4 Å². The van der Waals surface area contributed by atoms with Crippen molar-refractivity contribution >= 4 is 28.5 Å². The first-order valence-corrected chi connectivity index (χ1v) is 10.7. The van der Waals surface area contributed by atoms with E-state index < -0.39 is 5.91 Å². The lowest BCUT2D eigenvalue weighted by molar-refractivity contribution is 0.0897. The second kappa shape index (κ2) is 9.02. The summed E-state index contributed by atoms with van der Waals surface area (Å²) in [5, 5.41) is 3.79. The molecular weight excluding hydrogens is 400 g/mol. The zero-order valence-electron chi connectivity index (χ0n) is 17.0. The Labute approximate surface area is 180 Å². The fourth-order valence-corrected chi connectivity index (χ4v) is 4.17. The van der Waals surface area contributed by atoms with Crippen LogP contribution in [0.3, 0.4) is 0 Å². The van der Waals surface area contributed by atoms with Gasteiger partial charge in [-0.3, -0.25) is 14.5 Å². The molecule has 2 heterocycles. The van der Waals surface area contributed by atoms with E-state index in [9.17, 15) is 9.59 Å². The summed E-state index contributed by atoms with van der Waals surface area (Å²) in [6.07, 6.45) is 3.58. The molecule has 1 amide bonds. The van der Waals surface area contributed by atoms with Crippen LogP contribution in [0.5, 0.6) is 0 Å². The van der Waals surface area contributed by atoms with Crippen molar-refractivity contribution in [2.75, 3.05) is 19.6 Å². The third-order valence-corrected chi connectivity index (χ3v) is 5.90. The number of rotatable bonds is 5. The molecule has 0 aliphatic carbocycles. The smallest absolute Gasteiger partial charge is 0.287 e. The summed E-state index contributed by atoms with van der Waals surface area (Å²) in [5.41, 5.74) is 2.45. The van der Waals surface area contributed by atoms with Crippen LogP contribution >= 0.6 is 11.6 Å². The van der Waals surface area contributed by atoms with Gasteiger partial charge in [0.25, 0.3) is 5.91 Å². The Hall–Kier alpha value is -2.63. The quantitative estimate of drug-likeness (QED) is 0.644. The van der Waals surface area contributed by atoms with E-state index >= 15 is 0 Å². The fourth-order valence-electron chi connectivity index (χ4n) is 3.99. The number of fused-ring (bicyclic) bond motifs is 1. The van der Waals surface area contributed by atoms with Gasteiger partial charge in [0.2, 0.25) is 0 Å². The molecule has 1 N–H and O–H groups in total. The molecule has 1 aliphatic heterocycles. The zero-order valence-corrected chi connectivity index (χ0v) is 17.7. The van der Waals surface area contributed by atoms with Gasteiger partial charge in [-0.2, -0.15) is 0 Å². The molecule has 0 spiro atoms. The van der Waals surface area contributed by atoms with Gasteiger partial charge in [0, 0.05) is 17.6 Å².